The lowest BCUT2D eigenvalue weighted by Crippen LogP contribution is -2.52. The quantitative estimate of drug-likeness (QED) is 0.820. The fourth-order valence-electron chi connectivity index (χ4n) is 3.16. The minimum Gasteiger partial charge on any atom is -0.497 e. The highest BCUT2D eigenvalue weighted by Crippen LogP contribution is 2.25. The number of methoxy groups -OCH3 is 1. The number of hydrogen-bond donors (Lipinski definition) is 0. The van der Waals surface area contributed by atoms with E-state index in [1.54, 1.807) is 18.4 Å². The molecule has 6 heteroatoms. The van der Waals surface area contributed by atoms with E-state index in [1.807, 2.05) is 48.4 Å². The summed E-state index contributed by atoms with van der Waals surface area (Å²) in [6.07, 6.45) is 1.17. The number of aryl methyl sites for hydroxylation is 1. The van der Waals surface area contributed by atoms with Crippen LogP contribution in [0.1, 0.15) is 25.3 Å². The fraction of sp³-hybridized carbons (Fsp3) is 0.474. The van der Waals surface area contributed by atoms with E-state index in [2.05, 4.69) is 4.98 Å². The number of morpholine rings is 1. The van der Waals surface area contributed by atoms with Gasteiger partial charge in [-0.25, -0.2) is 4.98 Å². The van der Waals surface area contributed by atoms with Crippen molar-refractivity contribution in [3.8, 4) is 17.0 Å². The van der Waals surface area contributed by atoms with E-state index >= 15 is 0 Å². The molecule has 2 unspecified atom stereocenters. The lowest BCUT2D eigenvalue weighted by atomic mass is 10.1. The van der Waals surface area contributed by atoms with Crippen molar-refractivity contribution in [1.82, 2.24) is 9.88 Å². The monoisotopic (exact) mass is 360 g/mol. The minimum absolute atomic E-state index is 0.141. The molecular weight excluding hydrogens is 336 g/mol. The molecule has 0 aliphatic carbocycles. The van der Waals surface area contributed by atoms with E-state index in [1.165, 1.54) is 0 Å². The van der Waals surface area contributed by atoms with Crippen LogP contribution in [0.5, 0.6) is 5.75 Å². The van der Waals surface area contributed by atoms with Gasteiger partial charge in [0.25, 0.3) is 0 Å². The first kappa shape index (κ1) is 17.9. The molecule has 1 saturated heterocycles. The molecule has 134 valence electrons. The second kappa shape index (κ2) is 7.97. The summed E-state index contributed by atoms with van der Waals surface area (Å²) in [6.45, 7) is 5.32. The molecule has 1 aromatic carbocycles. The van der Waals surface area contributed by atoms with Crippen molar-refractivity contribution in [1.29, 1.82) is 0 Å². The van der Waals surface area contributed by atoms with Crippen LogP contribution < -0.4 is 4.74 Å². The first-order chi connectivity index (χ1) is 12.1. The minimum atomic E-state index is 0.141. The lowest BCUT2D eigenvalue weighted by molar-refractivity contribution is -0.144. The van der Waals surface area contributed by atoms with Gasteiger partial charge in [0, 0.05) is 23.8 Å². The first-order valence-corrected chi connectivity index (χ1v) is 9.44. The van der Waals surface area contributed by atoms with Gasteiger partial charge in [0.05, 0.1) is 43.1 Å². The molecule has 1 aliphatic heterocycles. The Balaban J connectivity index is 1.60. The molecular formula is C19H24N2O3S. The predicted octanol–water partition coefficient (Wildman–Crippen LogP) is 3.39. The highest BCUT2D eigenvalue weighted by atomic mass is 32.1. The first-order valence-electron chi connectivity index (χ1n) is 8.56. The van der Waals surface area contributed by atoms with Crippen LogP contribution in [0.3, 0.4) is 0 Å². The number of nitrogens with zero attached hydrogens (tertiary/aromatic N) is 2. The molecule has 1 fully saturated rings. The Bertz CT molecular complexity index is 704. The molecule has 1 aliphatic rings. The van der Waals surface area contributed by atoms with E-state index < -0.39 is 0 Å². The molecule has 0 radical (unpaired) electrons. The summed E-state index contributed by atoms with van der Waals surface area (Å²) < 4.78 is 10.7. The Hall–Kier alpha value is -1.92. The zero-order valence-electron chi connectivity index (χ0n) is 14.9. The molecule has 2 aromatic rings. The van der Waals surface area contributed by atoms with Gasteiger partial charge < -0.3 is 14.4 Å². The number of rotatable bonds is 5. The Kier molecular flexibility index (Phi) is 5.71. The standard InChI is InChI=1S/C19H24N2O3S/c1-13-10-24-11-14(2)21(13)19(22)9-8-18-20-17(12-25-18)15-4-6-16(23-3)7-5-15/h4-7,12-14H,8-11H2,1-3H3. The van der Waals surface area contributed by atoms with E-state index in [4.69, 9.17) is 9.47 Å². The maximum atomic E-state index is 12.6. The van der Waals surface area contributed by atoms with Crippen LogP contribution in [0.4, 0.5) is 0 Å². The highest BCUT2D eigenvalue weighted by molar-refractivity contribution is 7.09. The maximum Gasteiger partial charge on any atom is 0.223 e. The van der Waals surface area contributed by atoms with Crippen LogP contribution in [-0.2, 0) is 16.0 Å². The zero-order chi connectivity index (χ0) is 17.8. The second-order valence-corrected chi connectivity index (χ2v) is 7.33. The van der Waals surface area contributed by atoms with Gasteiger partial charge in [-0.05, 0) is 38.1 Å². The van der Waals surface area contributed by atoms with Gasteiger partial charge in [0.15, 0.2) is 0 Å². The molecule has 0 spiro atoms. The molecule has 2 heterocycles. The van der Waals surface area contributed by atoms with Crippen molar-refractivity contribution < 1.29 is 14.3 Å². The lowest BCUT2D eigenvalue weighted by Gasteiger charge is -2.38. The number of carbonyl (C=O) groups excluding carboxylic acids is 1. The van der Waals surface area contributed by atoms with Gasteiger partial charge in [0.2, 0.25) is 5.91 Å². The number of carbonyl (C=O) groups is 1. The Morgan fingerprint density at radius 2 is 1.96 bits per heavy atom. The third-order valence-corrected chi connectivity index (χ3v) is 5.35. The van der Waals surface area contributed by atoms with Crippen LogP contribution >= 0.6 is 11.3 Å². The molecule has 2 atom stereocenters. The third-order valence-electron chi connectivity index (χ3n) is 4.45. The molecule has 5 nitrogen and oxygen atoms in total. The van der Waals surface area contributed by atoms with E-state index in [-0.39, 0.29) is 18.0 Å². The molecule has 0 bridgehead atoms. The van der Waals surface area contributed by atoms with Crippen LogP contribution in [0, 0.1) is 0 Å². The number of ether oxygens (including phenoxy) is 2. The highest BCUT2D eigenvalue weighted by Gasteiger charge is 2.29. The molecule has 0 saturated carbocycles. The van der Waals surface area contributed by atoms with Crippen molar-refractivity contribution in [3.05, 3.63) is 34.7 Å². The van der Waals surface area contributed by atoms with Crippen molar-refractivity contribution in [3.63, 3.8) is 0 Å². The second-order valence-electron chi connectivity index (χ2n) is 6.39. The van der Waals surface area contributed by atoms with E-state index in [9.17, 15) is 4.79 Å². The van der Waals surface area contributed by atoms with Crippen molar-refractivity contribution in [2.45, 2.75) is 38.8 Å². The maximum absolute atomic E-state index is 12.6. The van der Waals surface area contributed by atoms with Gasteiger partial charge in [0.1, 0.15) is 5.75 Å². The molecule has 1 aromatic heterocycles. The van der Waals surface area contributed by atoms with Gasteiger partial charge in [-0.15, -0.1) is 11.3 Å². The van der Waals surface area contributed by atoms with Gasteiger partial charge in [-0.1, -0.05) is 0 Å². The summed E-state index contributed by atoms with van der Waals surface area (Å²) in [4.78, 5) is 19.2. The number of aromatic nitrogens is 1. The normalized spacial score (nSPS) is 20.5. The summed E-state index contributed by atoms with van der Waals surface area (Å²) in [7, 11) is 1.66. The molecule has 25 heavy (non-hydrogen) atoms. The van der Waals surface area contributed by atoms with E-state index in [0.29, 0.717) is 26.1 Å². The average Bonchev–Trinajstić information content (AvgIpc) is 3.09. The van der Waals surface area contributed by atoms with E-state index in [0.717, 1.165) is 22.0 Å². The van der Waals surface area contributed by atoms with Gasteiger partial charge in [-0.3, -0.25) is 4.79 Å². The Labute approximate surface area is 152 Å². The smallest absolute Gasteiger partial charge is 0.223 e. The van der Waals surface area contributed by atoms with Crippen molar-refractivity contribution in [2.75, 3.05) is 20.3 Å². The van der Waals surface area contributed by atoms with Crippen molar-refractivity contribution >= 4 is 17.2 Å². The third kappa shape index (κ3) is 4.19. The fourth-order valence-corrected chi connectivity index (χ4v) is 3.97. The summed E-state index contributed by atoms with van der Waals surface area (Å²) in [5.74, 6) is 1.02. The largest absolute Gasteiger partial charge is 0.497 e. The SMILES string of the molecule is COc1ccc(-c2csc(CCC(=O)N3C(C)COCC3C)n2)cc1. The van der Waals surface area contributed by atoms with Crippen LogP contribution in [0.2, 0.25) is 0 Å². The molecule has 1 amide bonds. The van der Waals surface area contributed by atoms with Gasteiger partial charge in [-0.2, -0.15) is 0 Å². The summed E-state index contributed by atoms with van der Waals surface area (Å²) in [6, 6.07) is 8.14. The number of thiazole rings is 1. The molecule has 3 rings (SSSR count). The Morgan fingerprint density at radius 1 is 1.28 bits per heavy atom. The van der Waals surface area contributed by atoms with Gasteiger partial charge >= 0.3 is 0 Å². The summed E-state index contributed by atoms with van der Waals surface area (Å²) in [5, 5.41) is 3.04. The number of amides is 1. The van der Waals surface area contributed by atoms with Crippen molar-refractivity contribution in [2.24, 2.45) is 0 Å². The summed E-state index contributed by atoms with van der Waals surface area (Å²) >= 11 is 1.61. The van der Waals surface area contributed by atoms with Crippen LogP contribution in [0.25, 0.3) is 11.3 Å². The van der Waals surface area contributed by atoms with Crippen LogP contribution in [-0.4, -0.2) is 48.2 Å². The predicted molar refractivity (Wildman–Crippen MR) is 99.0 cm³/mol. The molecule has 0 N–H and O–H groups in total. The van der Waals surface area contributed by atoms with Crippen LogP contribution in [0.15, 0.2) is 29.6 Å². The summed E-state index contributed by atoms with van der Waals surface area (Å²) in [5.41, 5.74) is 2.01. The Morgan fingerprint density at radius 3 is 2.60 bits per heavy atom. The number of hydrogen-bond acceptors (Lipinski definition) is 5. The number of benzene rings is 1. The zero-order valence-corrected chi connectivity index (χ0v) is 15.7. The average molecular weight is 360 g/mol. The topological polar surface area (TPSA) is 51.7 Å².